The van der Waals surface area contributed by atoms with Crippen molar-refractivity contribution < 1.29 is 29.4 Å². The average Bonchev–Trinajstić information content (AvgIpc) is 2.94. The topological polar surface area (TPSA) is 133 Å². The SMILES string of the molecule is O=C1NC(=O)/C(=C\c2ccc(C(=O)Nc3ccc(O)cc3C(=O)O)cc2)S1. The van der Waals surface area contributed by atoms with Crippen LogP contribution in [0, 0.1) is 0 Å². The lowest BCUT2D eigenvalue weighted by molar-refractivity contribution is -0.115. The lowest BCUT2D eigenvalue weighted by Gasteiger charge is -2.09. The van der Waals surface area contributed by atoms with E-state index in [1.54, 1.807) is 12.1 Å². The van der Waals surface area contributed by atoms with Crippen LogP contribution >= 0.6 is 11.8 Å². The summed E-state index contributed by atoms with van der Waals surface area (Å²) >= 11 is 0.792. The van der Waals surface area contributed by atoms with E-state index in [-0.39, 0.29) is 27.5 Å². The molecular weight excluding hydrogens is 372 g/mol. The Hall–Kier alpha value is -3.59. The summed E-state index contributed by atoms with van der Waals surface area (Å²) in [5.74, 6) is -2.52. The minimum Gasteiger partial charge on any atom is -0.508 e. The molecule has 3 amide bonds. The van der Waals surface area contributed by atoms with Gasteiger partial charge in [-0.15, -0.1) is 0 Å². The zero-order chi connectivity index (χ0) is 19.6. The first-order chi connectivity index (χ1) is 12.8. The van der Waals surface area contributed by atoms with E-state index in [0.29, 0.717) is 5.56 Å². The van der Waals surface area contributed by atoms with Gasteiger partial charge in [0, 0.05) is 5.56 Å². The molecule has 1 aliphatic heterocycles. The third-order valence-electron chi connectivity index (χ3n) is 3.59. The van der Waals surface area contributed by atoms with Crippen molar-refractivity contribution in [1.82, 2.24) is 5.32 Å². The highest BCUT2D eigenvalue weighted by atomic mass is 32.2. The zero-order valence-corrected chi connectivity index (χ0v) is 14.4. The number of anilines is 1. The van der Waals surface area contributed by atoms with Crippen LogP contribution in [-0.2, 0) is 4.79 Å². The van der Waals surface area contributed by atoms with Gasteiger partial charge in [0.15, 0.2) is 0 Å². The van der Waals surface area contributed by atoms with Crippen LogP contribution in [0.3, 0.4) is 0 Å². The molecule has 0 saturated carbocycles. The van der Waals surface area contributed by atoms with Gasteiger partial charge in [-0.2, -0.15) is 0 Å². The van der Waals surface area contributed by atoms with E-state index in [2.05, 4.69) is 10.6 Å². The summed E-state index contributed by atoms with van der Waals surface area (Å²) in [6.07, 6.45) is 1.52. The van der Waals surface area contributed by atoms with Crippen LogP contribution in [0.5, 0.6) is 5.75 Å². The number of hydrogen-bond acceptors (Lipinski definition) is 6. The molecule has 27 heavy (non-hydrogen) atoms. The number of carbonyl (C=O) groups excluding carboxylic acids is 3. The van der Waals surface area contributed by atoms with Crippen LogP contribution in [-0.4, -0.2) is 33.2 Å². The summed E-state index contributed by atoms with van der Waals surface area (Å²) in [5, 5.41) is 22.7. The molecule has 0 unspecified atom stereocenters. The summed E-state index contributed by atoms with van der Waals surface area (Å²) < 4.78 is 0. The van der Waals surface area contributed by atoms with Crippen LogP contribution in [0.4, 0.5) is 10.5 Å². The molecule has 0 atom stereocenters. The van der Waals surface area contributed by atoms with Gasteiger partial charge in [0.25, 0.3) is 17.1 Å². The predicted octanol–water partition coefficient (Wildman–Crippen LogP) is 2.67. The molecule has 3 rings (SSSR count). The van der Waals surface area contributed by atoms with Gasteiger partial charge in [-0.05, 0) is 53.7 Å². The van der Waals surface area contributed by atoms with Crippen molar-refractivity contribution in [3.63, 3.8) is 0 Å². The number of imide groups is 1. The second kappa shape index (κ2) is 7.34. The van der Waals surface area contributed by atoms with Crippen molar-refractivity contribution in [2.75, 3.05) is 5.32 Å². The fourth-order valence-corrected chi connectivity index (χ4v) is 3.00. The lowest BCUT2D eigenvalue weighted by atomic mass is 10.1. The molecule has 0 spiro atoms. The number of aromatic hydroxyl groups is 1. The van der Waals surface area contributed by atoms with Gasteiger partial charge in [-0.1, -0.05) is 12.1 Å². The average molecular weight is 384 g/mol. The van der Waals surface area contributed by atoms with E-state index in [4.69, 9.17) is 5.11 Å². The number of thioether (sulfide) groups is 1. The maximum atomic E-state index is 12.3. The first-order valence-corrected chi connectivity index (χ1v) is 8.38. The Morgan fingerprint density at radius 3 is 2.37 bits per heavy atom. The maximum absolute atomic E-state index is 12.3. The molecular formula is C18H12N2O6S. The lowest BCUT2D eigenvalue weighted by Crippen LogP contribution is -2.17. The largest absolute Gasteiger partial charge is 0.508 e. The quantitative estimate of drug-likeness (QED) is 0.470. The highest BCUT2D eigenvalue weighted by Gasteiger charge is 2.24. The highest BCUT2D eigenvalue weighted by Crippen LogP contribution is 2.26. The third-order valence-corrected chi connectivity index (χ3v) is 4.41. The smallest absolute Gasteiger partial charge is 0.337 e. The standard InChI is InChI=1S/C18H12N2O6S/c21-11-5-6-13(12(8-11)17(24)25)19-15(22)10-3-1-9(2-4-10)7-14-16(23)20-18(26)27-14/h1-8,21H,(H,19,22)(H,24,25)(H,20,23,26)/b14-7+. The molecule has 1 aliphatic rings. The van der Waals surface area contributed by atoms with E-state index >= 15 is 0 Å². The zero-order valence-electron chi connectivity index (χ0n) is 13.6. The number of carbonyl (C=O) groups is 4. The van der Waals surface area contributed by atoms with Gasteiger partial charge in [0.2, 0.25) is 0 Å². The Labute approximate surface area is 156 Å². The Kier molecular flexibility index (Phi) is 4.95. The number of nitrogens with one attached hydrogen (secondary N) is 2. The minimum atomic E-state index is -1.29. The summed E-state index contributed by atoms with van der Waals surface area (Å²) in [4.78, 5) is 46.5. The summed E-state index contributed by atoms with van der Waals surface area (Å²) in [7, 11) is 0. The molecule has 2 aromatic rings. The number of rotatable bonds is 4. The molecule has 1 heterocycles. The van der Waals surface area contributed by atoms with Crippen molar-refractivity contribution in [2.24, 2.45) is 0 Å². The minimum absolute atomic E-state index is 0.0500. The fraction of sp³-hybridized carbons (Fsp3) is 0. The number of phenolic OH excluding ortho intramolecular Hbond substituents is 1. The van der Waals surface area contributed by atoms with Gasteiger partial charge >= 0.3 is 5.97 Å². The molecule has 4 N–H and O–H groups in total. The Balaban J connectivity index is 1.77. The third kappa shape index (κ3) is 4.15. The van der Waals surface area contributed by atoms with Crippen molar-refractivity contribution in [3.05, 3.63) is 64.1 Å². The predicted molar refractivity (Wildman–Crippen MR) is 98.6 cm³/mol. The molecule has 1 saturated heterocycles. The van der Waals surface area contributed by atoms with Crippen LogP contribution in [0.25, 0.3) is 6.08 Å². The van der Waals surface area contributed by atoms with Crippen molar-refractivity contribution in [1.29, 1.82) is 0 Å². The molecule has 9 heteroatoms. The summed E-state index contributed by atoms with van der Waals surface area (Å²) in [5.41, 5.74) is 0.698. The van der Waals surface area contributed by atoms with Crippen molar-refractivity contribution in [2.45, 2.75) is 0 Å². The Morgan fingerprint density at radius 1 is 1.07 bits per heavy atom. The van der Waals surface area contributed by atoms with Crippen LogP contribution < -0.4 is 10.6 Å². The molecule has 0 bridgehead atoms. The monoisotopic (exact) mass is 384 g/mol. The van der Waals surface area contributed by atoms with Crippen molar-refractivity contribution >= 4 is 46.5 Å². The van der Waals surface area contributed by atoms with Crippen LogP contribution in [0.1, 0.15) is 26.3 Å². The van der Waals surface area contributed by atoms with Gasteiger partial charge in [-0.3, -0.25) is 19.7 Å². The van der Waals surface area contributed by atoms with Crippen LogP contribution in [0.15, 0.2) is 47.4 Å². The van der Waals surface area contributed by atoms with Gasteiger partial charge in [-0.25, -0.2) is 4.79 Å². The van der Waals surface area contributed by atoms with E-state index in [0.717, 1.165) is 17.8 Å². The van der Waals surface area contributed by atoms with Gasteiger partial charge in [0.05, 0.1) is 16.2 Å². The number of amides is 3. The Morgan fingerprint density at radius 2 is 1.78 bits per heavy atom. The normalized spacial score (nSPS) is 14.9. The maximum Gasteiger partial charge on any atom is 0.337 e. The molecule has 0 aliphatic carbocycles. The molecule has 8 nitrogen and oxygen atoms in total. The molecule has 2 aromatic carbocycles. The Bertz CT molecular complexity index is 997. The number of benzene rings is 2. The number of aromatic carboxylic acids is 1. The molecule has 1 fully saturated rings. The van der Waals surface area contributed by atoms with E-state index in [1.165, 1.54) is 30.3 Å². The van der Waals surface area contributed by atoms with E-state index < -0.39 is 23.0 Å². The van der Waals surface area contributed by atoms with E-state index in [1.807, 2.05) is 0 Å². The molecule has 0 radical (unpaired) electrons. The first-order valence-electron chi connectivity index (χ1n) is 7.56. The number of phenols is 1. The number of carboxylic acid groups (broad SMARTS) is 1. The molecule has 136 valence electrons. The van der Waals surface area contributed by atoms with E-state index in [9.17, 15) is 24.3 Å². The highest BCUT2D eigenvalue weighted by molar-refractivity contribution is 8.18. The second-order valence-electron chi connectivity index (χ2n) is 5.46. The second-order valence-corrected chi connectivity index (χ2v) is 6.48. The van der Waals surface area contributed by atoms with Gasteiger partial charge < -0.3 is 15.5 Å². The van der Waals surface area contributed by atoms with Crippen molar-refractivity contribution in [3.8, 4) is 5.75 Å². The number of carboxylic acids is 1. The fourth-order valence-electron chi connectivity index (χ4n) is 2.32. The summed E-state index contributed by atoms with van der Waals surface area (Å²) in [6.45, 7) is 0. The number of hydrogen-bond donors (Lipinski definition) is 4. The first kappa shape index (κ1) is 18.2. The molecule has 0 aromatic heterocycles. The van der Waals surface area contributed by atoms with Crippen LogP contribution in [0.2, 0.25) is 0 Å². The van der Waals surface area contributed by atoms with Gasteiger partial charge in [0.1, 0.15) is 5.75 Å². The summed E-state index contributed by atoms with van der Waals surface area (Å²) in [6, 6.07) is 9.79.